The summed E-state index contributed by atoms with van der Waals surface area (Å²) in [5.41, 5.74) is 7.75. The molecule has 6 nitrogen and oxygen atoms in total. The van der Waals surface area contributed by atoms with Crippen molar-refractivity contribution >= 4 is 34.4 Å². The van der Waals surface area contributed by atoms with E-state index >= 15 is 0 Å². The van der Waals surface area contributed by atoms with E-state index < -0.39 is 4.92 Å². The van der Waals surface area contributed by atoms with Crippen LogP contribution in [0.25, 0.3) is 0 Å². The number of nitrogens with two attached hydrogens (primary N) is 1. The summed E-state index contributed by atoms with van der Waals surface area (Å²) in [4.78, 5) is 10.2. The molecule has 0 radical (unpaired) electrons. The minimum Gasteiger partial charge on any atom is -0.399 e. The molecule has 2 rings (SSSR count). The molecular weight excluding hydrogens is 280 g/mol. The Labute approximate surface area is 120 Å². The standard InChI is InChI=1S/C13H11ClN4O2/c1-8-6-11(18(19)20)7-12(14)13(8)17-16-10-4-2-9(15)3-5-10/h2-7H,15H2,1H3. The van der Waals surface area contributed by atoms with Crippen LogP contribution >= 0.6 is 11.6 Å². The quantitative estimate of drug-likeness (QED) is 0.389. The van der Waals surface area contributed by atoms with E-state index in [0.29, 0.717) is 22.6 Å². The molecule has 7 heteroatoms. The minimum atomic E-state index is -0.500. The average molecular weight is 291 g/mol. The fraction of sp³-hybridized carbons (Fsp3) is 0.0769. The van der Waals surface area contributed by atoms with Gasteiger partial charge in [-0.3, -0.25) is 10.1 Å². The number of hydrogen-bond donors (Lipinski definition) is 1. The predicted octanol–water partition coefficient (Wildman–Crippen LogP) is 4.55. The largest absolute Gasteiger partial charge is 0.399 e. The highest BCUT2D eigenvalue weighted by molar-refractivity contribution is 6.33. The molecule has 20 heavy (non-hydrogen) atoms. The lowest BCUT2D eigenvalue weighted by Gasteiger charge is -2.02. The third-order valence-electron chi connectivity index (χ3n) is 2.61. The van der Waals surface area contributed by atoms with Gasteiger partial charge in [0.1, 0.15) is 5.69 Å². The number of azo groups is 1. The molecule has 102 valence electrons. The molecule has 0 saturated carbocycles. The van der Waals surface area contributed by atoms with Gasteiger partial charge in [-0.15, -0.1) is 5.11 Å². The first-order valence-electron chi connectivity index (χ1n) is 5.69. The van der Waals surface area contributed by atoms with Gasteiger partial charge in [-0.25, -0.2) is 0 Å². The van der Waals surface area contributed by atoms with Gasteiger partial charge in [0.05, 0.1) is 15.6 Å². The topological polar surface area (TPSA) is 93.9 Å². The number of nitrogen functional groups attached to an aromatic ring is 1. The lowest BCUT2D eigenvalue weighted by molar-refractivity contribution is -0.384. The Balaban J connectivity index is 2.34. The number of hydrogen-bond acceptors (Lipinski definition) is 5. The fourth-order valence-corrected chi connectivity index (χ4v) is 1.90. The minimum absolute atomic E-state index is 0.0704. The number of anilines is 1. The van der Waals surface area contributed by atoms with Crippen LogP contribution in [0.15, 0.2) is 46.6 Å². The zero-order valence-electron chi connectivity index (χ0n) is 10.6. The van der Waals surface area contributed by atoms with Crippen LogP contribution in [0, 0.1) is 17.0 Å². The van der Waals surface area contributed by atoms with Gasteiger partial charge in [-0.05, 0) is 36.8 Å². The second-order valence-corrected chi connectivity index (χ2v) is 4.55. The lowest BCUT2D eigenvalue weighted by atomic mass is 10.2. The molecule has 0 heterocycles. The Morgan fingerprint density at radius 1 is 1.20 bits per heavy atom. The van der Waals surface area contributed by atoms with Crippen molar-refractivity contribution in [3.63, 3.8) is 0 Å². The molecule has 0 atom stereocenters. The van der Waals surface area contributed by atoms with Gasteiger partial charge in [0.2, 0.25) is 0 Å². The van der Waals surface area contributed by atoms with E-state index in [-0.39, 0.29) is 10.7 Å². The number of rotatable bonds is 3. The molecule has 0 bridgehead atoms. The molecule has 0 amide bonds. The van der Waals surface area contributed by atoms with Crippen LogP contribution in [0.4, 0.5) is 22.7 Å². The third kappa shape index (κ3) is 3.10. The summed E-state index contributed by atoms with van der Waals surface area (Å²) in [5, 5.41) is 19.0. The molecule has 0 unspecified atom stereocenters. The summed E-state index contributed by atoms with van der Waals surface area (Å²) < 4.78 is 0. The Bertz CT molecular complexity index is 660. The van der Waals surface area contributed by atoms with Gasteiger partial charge >= 0.3 is 0 Å². The maximum Gasteiger partial charge on any atom is 0.271 e. The molecule has 0 spiro atoms. The van der Waals surface area contributed by atoms with Crippen LogP contribution in [0.1, 0.15) is 5.56 Å². The number of halogens is 1. The molecule has 0 aliphatic rings. The van der Waals surface area contributed by atoms with Gasteiger partial charge in [0.25, 0.3) is 5.69 Å². The number of non-ortho nitro benzene ring substituents is 1. The van der Waals surface area contributed by atoms with E-state index in [1.807, 2.05) is 0 Å². The van der Waals surface area contributed by atoms with Crippen molar-refractivity contribution in [2.75, 3.05) is 5.73 Å². The summed E-state index contributed by atoms with van der Waals surface area (Å²) >= 11 is 5.99. The summed E-state index contributed by atoms with van der Waals surface area (Å²) in [6.07, 6.45) is 0. The Morgan fingerprint density at radius 2 is 1.85 bits per heavy atom. The average Bonchev–Trinajstić information content (AvgIpc) is 2.39. The van der Waals surface area contributed by atoms with Gasteiger partial charge in [-0.2, -0.15) is 5.11 Å². The van der Waals surface area contributed by atoms with Gasteiger partial charge < -0.3 is 5.73 Å². The Morgan fingerprint density at radius 3 is 2.40 bits per heavy atom. The summed E-state index contributed by atoms with van der Waals surface area (Å²) in [7, 11) is 0. The van der Waals surface area contributed by atoms with Crippen LogP contribution < -0.4 is 5.73 Å². The predicted molar refractivity (Wildman–Crippen MR) is 77.9 cm³/mol. The Kier molecular flexibility index (Phi) is 3.95. The van der Waals surface area contributed by atoms with E-state index in [0.717, 1.165) is 0 Å². The van der Waals surface area contributed by atoms with Crippen LogP contribution in [0.2, 0.25) is 5.02 Å². The SMILES string of the molecule is Cc1cc([N+](=O)[O-])cc(Cl)c1N=Nc1ccc(N)cc1. The highest BCUT2D eigenvalue weighted by Gasteiger charge is 2.12. The van der Waals surface area contributed by atoms with Crippen LogP contribution in [-0.4, -0.2) is 4.92 Å². The summed E-state index contributed by atoms with van der Waals surface area (Å²) in [5.74, 6) is 0. The number of aryl methyl sites for hydroxylation is 1. The van der Waals surface area contributed by atoms with Crippen molar-refractivity contribution < 1.29 is 4.92 Å². The van der Waals surface area contributed by atoms with Crippen molar-refractivity contribution in [2.24, 2.45) is 10.2 Å². The maximum absolute atomic E-state index is 10.7. The number of nitro benzene ring substituents is 1. The van der Waals surface area contributed by atoms with Gasteiger partial charge in [0.15, 0.2) is 0 Å². The van der Waals surface area contributed by atoms with Crippen molar-refractivity contribution in [1.29, 1.82) is 0 Å². The fourth-order valence-electron chi connectivity index (χ4n) is 1.60. The normalized spacial score (nSPS) is 10.9. The van der Waals surface area contributed by atoms with Crippen LogP contribution in [0.5, 0.6) is 0 Å². The molecule has 0 aliphatic carbocycles. The summed E-state index contributed by atoms with van der Waals surface area (Å²) in [6.45, 7) is 1.69. The highest BCUT2D eigenvalue weighted by atomic mass is 35.5. The van der Waals surface area contributed by atoms with E-state index in [1.165, 1.54) is 12.1 Å². The molecule has 2 aromatic carbocycles. The van der Waals surface area contributed by atoms with Gasteiger partial charge in [-0.1, -0.05) is 11.6 Å². The first kappa shape index (κ1) is 14.0. The lowest BCUT2D eigenvalue weighted by Crippen LogP contribution is -1.89. The molecule has 0 aromatic heterocycles. The second-order valence-electron chi connectivity index (χ2n) is 4.14. The zero-order valence-corrected chi connectivity index (χ0v) is 11.3. The smallest absolute Gasteiger partial charge is 0.271 e. The third-order valence-corrected chi connectivity index (χ3v) is 2.90. The van der Waals surface area contributed by atoms with Crippen LogP contribution in [-0.2, 0) is 0 Å². The van der Waals surface area contributed by atoms with Crippen molar-refractivity contribution in [3.05, 3.63) is 57.1 Å². The molecule has 2 N–H and O–H groups in total. The Hall–Kier alpha value is -2.47. The van der Waals surface area contributed by atoms with E-state index in [2.05, 4.69) is 10.2 Å². The van der Waals surface area contributed by atoms with Gasteiger partial charge in [0, 0.05) is 17.8 Å². The summed E-state index contributed by atoms with van der Waals surface area (Å²) in [6, 6.07) is 9.51. The number of benzene rings is 2. The van der Waals surface area contributed by atoms with E-state index in [9.17, 15) is 10.1 Å². The van der Waals surface area contributed by atoms with Crippen molar-refractivity contribution in [3.8, 4) is 0 Å². The van der Waals surface area contributed by atoms with Crippen LogP contribution in [0.3, 0.4) is 0 Å². The van der Waals surface area contributed by atoms with Crippen molar-refractivity contribution in [1.82, 2.24) is 0 Å². The first-order chi connectivity index (χ1) is 9.47. The molecule has 0 fully saturated rings. The monoisotopic (exact) mass is 290 g/mol. The number of nitro groups is 1. The van der Waals surface area contributed by atoms with E-state index in [4.69, 9.17) is 17.3 Å². The van der Waals surface area contributed by atoms with Crippen molar-refractivity contribution in [2.45, 2.75) is 6.92 Å². The molecule has 0 aliphatic heterocycles. The number of nitrogens with zero attached hydrogens (tertiary/aromatic N) is 3. The maximum atomic E-state index is 10.7. The highest BCUT2D eigenvalue weighted by Crippen LogP contribution is 2.34. The zero-order chi connectivity index (χ0) is 14.7. The molecular formula is C13H11ClN4O2. The first-order valence-corrected chi connectivity index (χ1v) is 6.07. The molecule has 2 aromatic rings. The second kappa shape index (κ2) is 5.66. The molecule has 0 saturated heterocycles. The van der Waals surface area contributed by atoms with E-state index in [1.54, 1.807) is 31.2 Å².